The molecule has 0 atom stereocenters. The van der Waals surface area contributed by atoms with Crippen molar-refractivity contribution < 1.29 is 0 Å². The van der Waals surface area contributed by atoms with Crippen LogP contribution >= 0.6 is 0 Å². The van der Waals surface area contributed by atoms with Gasteiger partial charge in [0.15, 0.2) is 0 Å². The van der Waals surface area contributed by atoms with Crippen LogP contribution in [0, 0.1) is 0 Å². The molecule has 0 bridgehead atoms. The van der Waals surface area contributed by atoms with E-state index in [9.17, 15) is 0 Å². The maximum absolute atomic E-state index is 2.42. The quantitative estimate of drug-likeness (QED) is 0.177. The largest absolute Gasteiger partial charge is 0.310 e. The molecule has 0 saturated heterocycles. The maximum atomic E-state index is 2.42. The minimum Gasteiger partial charge on any atom is -0.310 e. The van der Waals surface area contributed by atoms with Gasteiger partial charge in [-0.3, -0.25) is 0 Å². The number of hydrogen-bond donors (Lipinski definition) is 0. The van der Waals surface area contributed by atoms with Gasteiger partial charge in [0, 0.05) is 22.5 Å². The highest BCUT2D eigenvalue weighted by molar-refractivity contribution is 5.95. The van der Waals surface area contributed by atoms with Crippen molar-refractivity contribution in [3.8, 4) is 33.4 Å². The van der Waals surface area contributed by atoms with Gasteiger partial charge in [0.1, 0.15) is 0 Å². The van der Waals surface area contributed by atoms with Gasteiger partial charge >= 0.3 is 0 Å². The Morgan fingerprint density at radius 3 is 1.35 bits per heavy atom. The average molecular weight is 664 g/mol. The van der Waals surface area contributed by atoms with Crippen LogP contribution in [0.4, 0.5) is 17.1 Å². The molecule has 246 valence electrons. The Morgan fingerprint density at radius 2 is 0.712 bits per heavy atom. The van der Waals surface area contributed by atoms with Crippen molar-refractivity contribution in [3.05, 3.63) is 199 Å². The fraction of sp³-hybridized carbons (Fsp3) is 0.0588. The summed E-state index contributed by atoms with van der Waals surface area (Å²) in [7, 11) is 0. The van der Waals surface area contributed by atoms with Gasteiger partial charge < -0.3 is 4.90 Å². The fourth-order valence-electron chi connectivity index (χ4n) is 8.36. The summed E-state index contributed by atoms with van der Waals surface area (Å²) >= 11 is 0. The van der Waals surface area contributed by atoms with Crippen molar-refractivity contribution >= 4 is 49.4 Å². The third-order valence-electron chi connectivity index (χ3n) is 11.2. The molecule has 9 aromatic rings. The van der Waals surface area contributed by atoms with E-state index >= 15 is 0 Å². The lowest BCUT2D eigenvalue weighted by molar-refractivity contribution is 0.660. The number of rotatable bonds is 5. The van der Waals surface area contributed by atoms with E-state index in [0.29, 0.717) is 0 Å². The van der Waals surface area contributed by atoms with E-state index in [-0.39, 0.29) is 5.41 Å². The lowest BCUT2D eigenvalue weighted by Crippen LogP contribution is -2.16. The lowest BCUT2D eigenvalue weighted by atomic mass is 9.81. The topological polar surface area (TPSA) is 3.24 Å². The van der Waals surface area contributed by atoms with Gasteiger partial charge in [0.05, 0.1) is 0 Å². The molecule has 1 aliphatic carbocycles. The molecule has 52 heavy (non-hydrogen) atoms. The molecule has 0 radical (unpaired) electrons. The third-order valence-corrected chi connectivity index (χ3v) is 11.2. The number of anilines is 3. The molecule has 0 amide bonds. The number of benzene rings is 9. The van der Waals surface area contributed by atoms with Crippen LogP contribution in [0.3, 0.4) is 0 Å². The number of para-hydroxylation sites is 1. The molecular formula is C51H37N. The van der Waals surface area contributed by atoms with Crippen LogP contribution in [-0.4, -0.2) is 0 Å². The van der Waals surface area contributed by atoms with Crippen LogP contribution in [-0.2, 0) is 5.41 Å². The number of nitrogens with zero attached hydrogens (tertiary/aromatic N) is 1. The molecule has 10 rings (SSSR count). The summed E-state index contributed by atoms with van der Waals surface area (Å²) in [6, 6.07) is 69.2. The highest BCUT2D eigenvalue weighted by atomic mass is 15.1. The highest BCUT2D eigenvalue weighted by Gasteiger charge is 2.36. The SMILES string of the molecule is CC1(C)c2cc(-c3ccc4ccccc4c3)ccc2-c2ccc(N(c3ccccc3)c3ccc4cc(-c5ccc6ccccc6c5)ccc4c3)cc21. The predicted molar refractivity (Wildman–Crippen MR) is 222 cm³/mol. The molecule has 0 aromatic heterocycles. The van der Waals surface area contributed by atoms with E-state index in [1.54, 1.807) is 0 Å². The summed E-state index contributed by atoms with van der Waals surface area (Å²) in [6.45, 7) is 4.75. The summed E-state index contributed by atoms with van der Waals surface area (Å²) < 4.78 is 0. The average Bonchev–Trinajstić information content (AvgIpc) is 3.42. The first kappa shape index (κ1) is 30.4. The van der Waals surface area contributed by atoms with Crippen LogP contribution < -0.4 is 4.90 Å². The summed E-state index contributed by atoms with van der Waals surface area (Å²) in [6.07, 6.45) is 0. The third kappa shape index (κ3) is 5.00. The summed E-state index contributed by atoms with van der Waals surface area (Å²) in [5, 5.41) is 7.52. The van der Waals surface area contributed by atoms with Gasteiger partial charge in [-0.05, 0) is 137 Å². The second-order valence-corrected chi connectivity index (χ2v) is 14.7. The van der Waals surface area contributed by atoms with Crippen molar-refractivity contribution in [1.29, 1.82) is 0 Å². The summed E-state index contributed by atoms with van der Waals surface area (Å²) in [5.41, 5.74) is 13.7. The van der Waals surface area contributed by atoms with Crippen LogP contribution in [0.25, 0.3) is 65.7 Å². The Bertz CT molecular complexity index is 2830. The zero-order valence-electron chi connectivity index (χ0n) is 29.3. The highest BCUT2D eigenvalue weighted by Crippen LogP contribution is 2.51. The predicted octanol–water partition coefficient (Wildman–Crippen LogP) is 14.3. The zero-order chi connectivity index (χ0) is 34.8. The normalized spacial score (nSPS) is 13.0. The standard InChI is InChI=1S/C51H37N/c1-51(2)49-32-43(40-19-17-35-11-7-9-13-37(35)29-40)23-26-47(49)48-27-25-46(33-50(48)51)52(44-14-4-3-5-15-44)45-24-22-41-30-39(20-21-42(41)31-45)38-18-16-34-10-6-8-12-36(34)28-38/h3-33H,1-2H3. The van der Waals surface area contributed by atoms with Gasteiger partial charge in [0.25, 0.3) is 0 Å². The van der Waals surface area contributed by atoms with Crippen LogP contribution in [0.1, 0.15) is 25.0 Å². The Kier molecular flexibility index (Phi) is 6.91. The Labute approximate surface area is 305 Å². The Hall–Kier alpha value is -6.44. The molecule has 0 spiro atoms. The minimum atomic E-state index is -0.154. The fourth-order valence-corrected chi connectivity index (χ4v) is 8.36. The second kappa shape index (κ2) is 11.8. The molecule has 1 nitrogen and oxygen atoms in total. The van der Waals surface area contributed by atoms with E-state index in [2.05, 4.69) is 207 Å². The molecule has 0 heterocycles. The molecule has 0 saturated carbocycles. The summed E-state index contributed by atoms with van der Waals surface area (Å²) in [5.74, 6) is 0. The van der Waals surface area contributed by atoms with Crippen molar-refractivity contribution in [2.24, 2.45) is 0 Å². The van der Waals surface area contributed by atoms with E-state index in [0.717, 1.165) is 17.1 Å². The van der Waals surface area contributed by atoms with Gasteiger partial charge in [-0.25, -0.2) is 0 Å². The van der Waals surface area contributed by atoms with Crippen molar-refractivity contribution in [2.75, 3.05) is 4.90 Å². The van der Waals surface area contributed by atoms with Crippen molar-refractivity contribution in [2.45, 2.75) is 19.3 Å². The first-order valence-electron chi connectivity index (χ1n) is 18.2. The first-order chi connectivity index (χ1) is 25.5. The van der Waals surface area contributed by atoms with Crippen LogP contribution in [0.5, 0.6) is 0 Å². The molecule has 0 unspecified atom stereocenters. The van der Waals surface area contributed by atoms with Crippen LogP contribution in [0.2, 0.25) is 0 Å². The molecule has 1 aliphatic rings. The van der Waals surface area contributed by atoms with E-state index < -0.39 is 0 Å². The summed E-state index contributed by atoms with van der Waals surface area (Å²) in [4.78, 5) is 2.40. The number of fused-ring (bicyclic) bond motifs is 6. The lowest BCUT2D eigenvalue weighted by Gasteiger charge is -2.28. The zero-order valence-corrected chi connectivity index (χ0v) is 29.3. The Morgan fingerprint density at radius 1 is 0.308 bits per heavy atom. The molecule has 9 aromatic carbocycles. The maximum Gasteiger partial charge on any atom is 0.0468 e. The van der Waals surface area contributed by atoms with Crippen LogP contribution in [0.15, 0.2) is 188 Å². The molecule has 0 fully saturated rings. The molecule has 0 N–H and O–H groups in total. The van der Waals surface area contributed by atoms with E-state index in [4.69, 9.17) is 0 Å². The first-order valence-corrected chi connectivity index (χ1v) is 18.2. The molecule has 1 heteroatoms. The van der Waals surface area contributed by atoms with Gasteiger partial charge in [-0.2, -0.15) is 0 Å². The Balaban J connectivity index is 1.03. The smallest absolute Gasteiger partial charge is 0.0468 e. The second-order valence-electron chi connectivity index (χ2n) is 14.7. The monoisotopic (exact) mass is 663 g/mol. The van der Waals surface area contributed by atoms with Crippen molar-refractivity contribution in [3.63, 3.8) is 0 Å². The van der Waals surface area contributed by atoms with E-state index in [1.165, 1.54) is 76.8 Å². The minimum absolute atomic E-state index is 0.154. The van der Waals surface area contributed by atoms with Crippen molar-refractivity contribution in [1.82, 2.24) is 0 Å². The molecule has 0 aliphatic heterocycles. The van der Waals surface area contributed by atoms with Gasteiger partial charge in [-0.15, -0.1) is 0 Å². The van der Waals surface area contributed by atoms with Gasteiger partial charge in [0.2, 0.25) is 0 Å². The van der Waals surface area contributed by atoms with E-state index in [1.807, 2.05) is 0 Å². The number of hydrogen-bond acceptors (Lipinski definition) is 1. The molecular weight excluding hydrogens is 627 g/mol. The van der Waals surface area contributed by atoms with Gasteiger partial charge in [-0.1, -0.05) is 141 Å².